The number of amides is 1. The largest absolute Gasteiger partial charge is 0.416 e. The highest BCUT2D eigenvalue weighted by Gasteiger charge is 2.30. The maximum absolute atomic E-state index is 12.7. The first-order valence-corrected chi connectivity index (χ1v) is 8.17. The van der Waals surface area contributed by atoms with Crippen LogP contribution in [0, 0.1) is 0 Å². The van der Waals surface area contributed by atoms with Crippen LogP contribution in [0.1, 0.15) is 30.9 Å². The van der Waals surface area contributed by atoms with E-state index < -0.39 is 11.7 Å². The van der Waals surface area contributed by atoms with Crippen LogP contribution in [0.4, 0.5) is 13.2 Å². The maximum atomic E-state index is 12.7. The smallest absolute Gasteiger partial charge is 0.340 e. The van der Waals surface area contributed by atoms with E-state index in [-0.39, 0.29) is 36.8 Å². The van der Waals surface area contributed by atoms with Gasteiger partial charge in [-0.25, -0.2) is 0 Å². The maximum Gasteiger partial charge on any atom is 0.416 e. The zero-order valence-corrected chi connectivity index (χ0v) is 16.3. The molecule has 1 aliphatic rings. The van der Waals surface area contributed by atoms with Crippen molar-refractivity contribution in [1.29, 1.82) is 0 Å². The predicted octanol–water partition coefficient (Wildman–Crippen LogP) is 3.32. The Labute approximate surface area is 164 Å². The molecule has 1 amide bonds. The average molecular weight is 416 g/mol. The molecule has 0 radical (unpaired) electrons. The lowest BCUT2D eigenvalue weighted by Gasteiger charge is -2.35. The first-order valence-electron chi connectivity index (χ1n) is 8.17. The molecule has 0 aromatic heterocycles. The Kier molecular flexibility index (Phi) is 10.5. The minimum absolute atomic E-state index is 0. The molecule has 1 unspecified atom stereocenters. The molecule has 0 spiro atoms. The standard InChI is InChI=1S/C17H24F3N3O.2ClH/c1-13(21)5-6-16(24)23-9-7-22(8-10-23)12-14-3-2-4-15(11-14)17(18,19)20;;/h2-4,11,13H,5-10,12,21H2,1H3;2*1H. The van der Waals surface area contributed by atoms with Crippen molar-refractivity contribution < 1.29 is 18.0 Å². The Hall–Kier alpha value is -1.02. The summed E-state index contributed by atoms with van der Waals surface area (Å²) in [6, 6.07) is 5.43. The Bertz CT molecular complexity index is 562. The lowest BCUT2D eigenvalue weighted by Crippen LogP contribution is -2.48. The number of rotatable bonds is 5. The molecule has 1 saturated heterocycles. The summed E-state index contributed by atoms with van der Waals surface area (Å²) in [5.74, 6) is 0.103. The molecule has 4 nitrogen and oxygen atoms in total. The number of halogens is 5. The van der Waals surface area contributed by atoms with Gasteiger partial charge in [-0.1, -0.05) is 18.2 Å². The van der Waals surface area contributed by atoms with Gasteiger partial charge in [-0.2, -0.15) is 13.2 Å². The van der Waals surface area contributed by atoms with Crippen LogP contribution in [0.2, 0.25) is 0 Å². The summed E-state index contributed by atoms with van der Waals surface area (Å²) >= 11 is 0. The monoisotopic (exact) mass is 415 g/mol. The summed E-state index contributed by atoms with van der Waals surface area (Å²) < 4.78 is 38.2. The van der Waals surface area contributed by atoms with E-state index in [0.29, 0.717) is 51.1 Å². The summed E-state index contributed by atoms with van der Waals surface area (Å²) in [5.41, 5.74) is 5.68. The van der Waals surface area contributed by atoms with Gasteiger partial charge in [-0.15, -0.1) is 24.8 Å². The van der Waals surface area contributed by atoms with Crippen LogP contribution in [0.3, 0.4) is 0 Å². The zero-order chi connectivity index (χ0) is 17.7. The predicted molar refractivity (Wildman–Crippen MR) is 101 cm³/mol. The van der Waals surface area contributed by atoms with Crippen molar-refractivity contribution in [3.05, 3.63) is 35.4 Å². The fraction of sp³-hybridized carbons (Fsp3) is 0.588. The van der Waals surface area contributed by atoms with Gasteiger partial charge in [0.1, 0.15) is 0 Å². The van der Waals surface area contributed by atoms with Crippen LogP contribution in [-0.4, -0.2) is 47.9 Å². The van der Waals surface area contributed by atoms with E-state index in [1.165, 1.54) is 12.1 Å². The first-order chi connectivity index (χ1) is 11.3. The van der Waals surface area contributed by atoms with E-state index in [4.69, 9.17) is 5.73 Å². The van der Waals surface area contributed by atoms with Crippen molar-refractivity contribution in [1.82, 2.24) is 9.80 Å². The molecule has 9 heteroatoms. The number of nitrogens with two attached hydrogens (primary N) is 1. The van der Waals surface area contributed by atoms with Gasteiger partial charge in [0, 0.05) is 45.2 Å². The molecule has 2 rings (SSSR count). The van der Waals surface area contributed by atoms with Gasteiger partial charge in [0.25, 0.3) is 0 Å². The molecular weight excluding hydrogens is 390 g/mol. The molecule has 1 heterocycles. The van der Waals surface area contributed by atoms with Crippen LogP contribution in [0.15, 0.2) is 24.3 Å². The summed E-state index contributed by atoms with van der Waals surface area (Å²) in [6.45, 7) is 4.89. The molecule has 1 atom stereocenters. The van der Waals surface area contributed by atoms with E-state index >= 15 is 0 Å². The van der Waals surface area contributed by atoms with Crippen molar-refractivity contribution >= 4 is 30.7 Å². The van der Waals surface area contributed by atoms with E-state index in [2.05, 4.69) is 4.90 Å². The Morgan fingerprint density at radius 2 is 1.81 bits per heavy atom. The Morgan fingerprint density at radius 3 is 2.35 bits per heavy atom. The van der Waals surface area contributed by atoms with E-state index in [0.717, 1.165) is 6.07 Å². The molecule has 1 aromatic rings. The second-order valence-corrected chi connectivity index (χ2v) is 6.37. The highest BCUT2D eigenvalue weighted by molar-refractivity contribution is 5.85. The summed E-state index contributed by atoms with van der Waals surface area (Å²) in [4.78, 5) is 15.9. The van der Waals surface area contributed by atoms with Gasteiger partial charge in [-0.05, 0) is 25.0 Å². The van der Waals surface area contributed by atoms with Crippen molar-refractivity contribution in [2.45, 2.75) is 38.5 Å². The minimum Gasteiger partial charge on any atom is -0.340 e. The normalized spacial score (nSPS) is 16.4. The highest BCUT2D eigenvalue weighted by atomic mass is 35.5. The number of nitrogens with zero attached hydrogens (tertiary/aromatic N) is 2. The number of carbonyl (C=O) groups is 1. The van der Waals surface area contributed by atoms with E-state index in [9.17, 15) is 18.0 Å². The number of hydrogen-bond donors (Lipinski definition) is 1. The van der Waals surface area contributed by atoms with Gasteiger partial charge in [0.05, 0.1) is 5.56 Å². The lowest BCUT2D eigenvalue weighted by atomic mass is 10.1. The molecule has 0 aliphatic carbocycles. The molecule has 1 fully saturated rings. The number of hydrogen-bond acceptors (Lipinski definition) is 3. The van der Waals surface area contributed by atoms with E-state index in [1.807, 2.05) is 11.8 Å². The summed E-state index contributed by atoms with van der Waals surface area (Å²) in [5, 5.41) is 0. The fourth-order valence-electron chi connectivity index (χ4n) is 2.77. The van der Waals surface area contributed by atoms with Gasteiger partial charge in [-0.3, -0.25) is 9.69 Å². The summed E-state index contributed by atoms with van der Waals surface area (Å²) in [6.07, 6.45) is -3.20. The third kappa shape index (κ3) is 7.70. The number of alkyl halides is 3. The Balaban J connectivity index is 0.00000312. The van der Waals surface area contributed by atoms with Crippen molar-refractivity contribution in [3.63, 3.8) is 0 Å². The number of piperazine rings is 1. The summed E-state index contributed by atoms with van der Waals surface area (Å²) in [7, 11) is 0. The molecule has 0 saturated carbocycles. The second-order valence-electron chi connectivity index (χ2n) is 6.37. The second kappa shape index (κ2) is 11.0. The topological polar surface area (TPSA) is 49.6 Å². The van der Waals surface area contributed by atoms with Gasteiger partial charge < -0.3 is 10.6 Å². The lowest BCUT2D eigenvalue weighted by molar-refractivity contribution is -0.137. The number of carbonyl (C=O) groups excluding carboxylic acids is 1. The van der Waals surface area contributed by atoms with Crippen molar-refractivity contribution in [3.8, 4) is 0 Å². The van der Waals surface area contributed by atoms with Crippen LogP contribution in [0.5, 0.6) is 0 Å². The van der Waals surface area contributed by atoms with Crippen LogP contribution < -0.4 is 5.73 Å². The fourth-order valence-corrected chi connectivity index (χ4v) is 2.77. The van der Waals surface area contributed by atoms with E-state index in [1.54, 1.807) is 6.07 Å². The average Bonchev–Trinajstić information content (AvgIpc) is 2.53. The zero-order valence-electron chi connectivity index (χ0n) is 14.7. The van der Waals surface area contributed by atoms with Gasteiger partial charge in [0.15, 0.2) is 0 Å². The SMILES string of the molecule is CC(N)CCC(=O)N1CCN(Cc2cccc(C(F)(F)F)c2)CC1.Cl.Cl. The first kappa shape index (κ1) is 25.0. The molecule has 0 bridgehead atoms. The molecule has 2 N–H and O–H groups in total. The molecule has 1 aliphatic heterocycles. The third-order valence-electron chi connectivity index (χ3n) is 4.20. The van der Waals surface area contributed by atoms with Crippen LogP contribution in [0.25, 0.3) is 0 Å². The molecular formula is C17H26Cl2F3N3O. The van der Waals surface area contributed by atoms with Gasteiger partial charge in [0.2, 0.25) is 5.91 Å². The van der Waals surface area contributed by atoms with Crippen molar-refractivity contribution in [2.75, 3.05) is 26.2 Å². The Morgan fingerprint density at radius 1 is 1.19 bits per heavy atom. The van der Waals surface area contributed by atoms with Crippen molar-refractivity contribution in [2.24, 2.45) is 5.73 Å². The van der Waals surface area contributed by atoms with Crippen LogP contribution >= 0.6 is 24.8 Å². The molecule has 150 valence electrons. The molecule has 1 aromatic carbocycles. The van der Waals surface area contributed by atoms with Crippen LogP contribution in [-0.2, 0) is 17.5 Å². The molecule has 26 heavy (non-hydrogen) atoms. The number of benzene rings is 1. The highest BCUT2D eigenvalue weighted by Crippen LogP contribution is 2.29. The minimum atomic E-state index is -4.32. The quantitative estimate of drug-likeness (QED) is 0.802. The van der Waals surface area contributed by atoms with Gasteiger partial charge >= 0.3 is 6.18 Å². The third-order valence-corrected chi connectivity index (χ3v) is 4.20.